The highest BCUT2D eigenvalue weighted by atomic mass is 15.0. The molecule has 0 atom stereocenters. The van der Waals surface area contributed by atoms with Crippen LogP contribution in [0.5, 0.6) is 0 Å². The number of para-hydroxylation sites is 6. The second-order valence-electron chi connectivity index (χ2n) is 37.0. The van der Waals surface area contributed by atoms with Crippen LogP contribution in [-0.4, -0.2) is 27.4 Å². The first-order valence-electron chi connectivity index (χ1n) is 48.3. The number of benzene rings is 24. The molecule has 6 heteroatoms. The second kappa shape index (κ2) is 32.6. The standard InChI is InChI=1S/C48H30N2.C46H30N2.C40H26N2/c1-2-11-34-30-38(25-21-31(34)9-1)50-44-16-8-6-14-42(44)48-46(50)28-27-45-47(48)41-13-5-7-15-43(41)49(45)37-23-19-32(20-24-37)35-22-26-40-36(29-35)18-17-33-10-3-4-12-39(33)40;1-2-11-31(12-3-1)34-15-10-16-35(29-34)33-21-24-37(25-22-33)47-41-19-8-6-17-39(41)45-43(47)27-28-44-46(45)40-18-7-9-20-42(40)48(44)38-26-23-32-13-4-5-14-36(32)30-38;1-2-11-27(12-3-1)30-15-10-16-31(25-30)41-35-19-8-6-17-33(35)39-37(41)23-24-38-40(39)34-18-7-9-20-36(34)42(38)32-22-21-28-13-4-5-14-29(28)26-32/h1-30H;1-30H;1-26H. The molecule has 6 heterocycles. The molecule has 0 aliphatic heterocycles. The fraction of sp³-hybridized carbons (Fsp3) is 0. The molecule has 0 fully saturated rings. The van der Waals surface area contributed by atoms with Gasteiger partial charge < -0.3 is 27.4 Å². The van der Waals surface area contributed by atoms with Crippen molar-refractivity contribution >= 4 is 185 Å². The van der Waals surface area contributed by atoms with Crippen LogP contribution < -0.4 is 0 Å². The van der Waals surface area contributed by atoms with Crippen molar-refractivity contribution in [3.8, 4) is 78.6 Å². The van der Waals surface area contributed by atoms with E-state index in [0.29, 0.717) is 0 Å². The lowest BCUT2D eigenvalue weighted by Gasteiger charge is -2.11. The fourth-order valence-corrected chi connectivity index (χ4v) is 22.9. The Morgan fingerprint density at radius 2 is 0.314 bits per heavy atom. The molecule has 0 aliphatic rings. The van der Waals surface area contributed by atoms with Gasteiger partial charge in [0.05, 0.1) is 66.2 Å². The SMILES string of the molecule is c1ccc(-c2cccc(-c3ccc(-n4c5ccccc5c5c6c7ccccc7n(-c7ccc8ccccc8c7)c6ccc54)cc3)c2)cc1.c1ccc(-c2cccc(-n3c4ccccc4c4c5c6ccccc6n(-c6ccc7ccccc7c6)c5ccc43)c2)cc1.c1ccc2cc(-n3c4ccccc4c4c5c6ccccc6n(-c6ccc(-c7ccc8c(ccc9ccccc98)c7)cc6)c5ccc43)ccc2c1. The smallest absolute Gasteiger partial charge is 0.0548 e. The van der Waals surface area contributed by atoms with Gasteiger partial charge in [-0.2, -0.15) is 0 Å². The summed E-state index contributed by atoms with van der Waals surface area (Å²) in [5.74, 6) is 0. The molecule has 140 heavy (non-hydrogen) atoms. The molecule has 30 aromatic rings. The number of hydrogen-bond donors (Lipinski definition) is 0. The fourth-order valence-electron chi connectivity index (χ4n) is 22.9. The summed E-state index contributed by atoms with van der Waals surface area (Å²) >= 11 is 0. The van der Waals surface area contributed by atoms with Crippen molar-refractivity contribution in [1.29, 1.82) is 0 Å². The third kappa shape index (κ3) is 13.0. The van der Waals surface area contributed by atoms with Crippen LogP contribution in [0.3, 0.4) is 0 Å². The zero-order valence-corrected chi connectivity index (χ0v) is 76.3. The maximum Gasteiger partial charge on any atom is 0.0548 e. The summed E-state index contributed by atoms with van der Waals surface area (Å²) in [6, 6.07) is 190. The van der Waals surface area contributed by atoms with Gasteiger partial charge in [-0.25, -0.2) is 0 Å². The van der Waals surface area contributed by atoms with Gasteiger partial charge >= 0.3 is 0 Å². The van der Waals surface area contributed by atoms with Crippen molar-refractivity contribution in [3.63, 3.8) is 0 Å². The van der Waals surface area contributed by atoms with E-state index in [2.05, 4.69) is 549 Å². The lowest BCUT2D eigenvalue weighted by molar-refractivity contribution is 1.17. The van der Waals surface area contributed by atoms with Gasteiger partial charge in [-0.15, -0.1) is 0 Å². The molecule has 0 spiro atoms. The monoisotopic (exact) mass is 1780 g/mol. The molecular weight excluding hydrogens is 1690 g/mol. The summed E-state index contributed by atoms with van der Waals surface area (Å²) in [6.45, 7) is 0. The van der Waals surface area contributed by atoms with Crippen molar-refractivity contribution in [1.82, 2.24) is 27.4 Å². The first-order chi connectivity index (χ1) is 69.5. The van der Waals surface area contributed by atoms with Crippen molar-refractivity contribution in [2.24, 2.45) is 0 Å². The molecule has 652 valence electrons. The maximum absolute atomic E-state index is 2.43. The highest BCUT2D eigenvalue weighted by molar-refractivity contribution is 6.32. The van der Waals surface area contributed by atoms with E-state index in [9.17, 15) is 0 Å². The van der Waals surface area contributed by atoms with Crippen LogP contribution in [-0.2, 0) is 0 Å². The Morgan fingerprint density at radius 3 is 0.664 bits per heavy atom. The maximum atomic E-state index is 2.43. The molecule has 0 bridgehead atoms. The Labute approximate surface area is 806 Å². The van der Waals surface area contributed by atoms with Crippen LogP contribution in [0.1, 0.15) is 0 Å². The summed E-state index contributed by atoms with van der Waals surface area (Å²) in [5.41, 5.74) is 31.4. The molecule has 0 aliphatic carbocycles. The van der Waals surface area contributed by atoms with E-state index in [-0.39, 0.29) is 0 Å². The van der Waals surface area contributed by atoms with Gasteiger partial charge in [0, 0.05) is 98.8 Å². The van der Waals surface area contributed by atoms with Crippen LogP contribution in [0.4, 0.5) is 0 Å². The molecule has 30 rings (SSSR count). The van der Waals surface area contributed by atoms with Crippen molar-refractivity contribution < 1.29 is 0 Å². The van der Waals surface area contributed by atoms with Crippen molar-refractivity contribution in [2.45, 2.75) is 0 Å². The van der Waals surface area contributed by atoms with Gasteiger partial charge in [-0.1, -0.05) is 364 Å². The van der Waals surface area contributed by atoms with E-state index < -0.39 is 0 Å². The van der Waals surface area contributed by atoms with Gasteiger partial charge in [0.1, 0.15) is 0 Å². The van der Waals surface area contributed by atoms with Gasteiger partial charge in [-0.05, 0) is 256 Å². The van der Waals surface area contributed by atoms with Gasteiger partial charge in [0.25, 0.3) is 0 Å². The minimum atomic E-state index is 1.15. The van der Waals surface area contributed by atoms with E-state index in [1.807, 2.05) is 0 Å². The zero-order chi connectivity index (χ0) is 92.0. The Kier molecular flexibility index (Phi) is 18.6. The van der Waals surface area contributed by atoms with E-state index >= 15 is 0 Å². The lowest BCUT2D eigenvalue weighted by Crippen LogP contribution is -1.95. The van der Waals surface area contributed by atoms with Gasteiger partial charge in [0.15, 0.2) is 0 Å². The third-order valence-electron chi connectivity index (χ3n) is 29.2. The predicted molar refractivity (Wildman–Crippen MR) is 595 cm³/mol. The highest BCUT2D eigenvalue weighted by Crippen LogP contribution is 2.49. The molecule has 6 aromatic heterocycles. The first-order valence-corrected chi connectivity index (χ1v) is 48.3. The molecule has 0 N–H and O–H groups in total. The van der Waals surface area contributed by atoms with Crippen LogP contribution in [0.25, 0.3) is 263 Å². The van der Waals surface area contributed by atoms with Crippen LogP contribution in [0.15, 0.2) is 522 Å². The van der Waals surface area contributed by atoms with E-state index in [1.165, 1.54) is 252 Å². The number of aromatic nitrogens is 6. The lowest BCUT2D eigenvalue weighted by atomic mass is 9.97. The van der Waals surface area contributed by atoms with Crippen LogP contribution in [0.2, 0.25) is 0 Å². The van der Waals surface area contributed by atoms with Crippen LogP contribution >= 0.6 is 0 Å². The average molecular weight is 1780 g/mol. The largest absolute Gasteiger partial charge is 0.309 e. The number of hydrogen-bond acceptors (Lipinski definition) is 0. The van der Waals surface area contributed by atoms with Crippen LogP contribution in [0, 0.1) is 0 Å². The van der Waals surface area contributed by atoms with E-state index in [4.69, 9.17) is 0 Å². The molecule has 6 nitrogen and oxygen atoms in total. The average Bonchev–Trinajstić information content (AvgIpc) is 1.55. The van der Waals surface area contributed by atoms with Crippen molar-refractivity contribution in [3.05, 3.63) is 522 Å². The van der Waals surface area contributed by atoms with E-state index in [1.54, 1.807) is 0 Å². The normalized spacial score (nSPS) is 11.9. The summed E-state index contributed by atoms with van der Waals surface area (Å²) in [7, 11) is 0. The summed E-state index contributed by atoms with van der Waals surface area (Å²) < 4.78 is 14.6. The quantitative estimate of drug-likeness (QED) is 0.122. The second-order valence-corrected chi connectivity index (χ2v) is 37.0. The number of nitrogens with zero attached hydrogens (tertiary/aromatic N) is 6. The molecule has 0 unspecified atom stereocenters. The minimum Gasteiger partial charge on any atom is -0.309 e. The van der Waals surface area contributed by atoms with Gasteiger partial charge in [-0.3, -0.25) is 0 Å². The summed E-state index contributed by atoms with van der Waals surface area (Å²) in [6.07, 6.45) is 0. The molecular formula is C134H86N6. The van der Waals surface area contributed by atoms with Gasteiger partial charge in [0.2, 0.25) is 0 Å². The Hall–Kier alpha value is -18.6. The molecule has 0 saturated heterocycles. The molecule has 0 radical (unpaired) electrons. The zero-order valence-electron chi connectivity index (χ0n) is 76.3. The number of fused-ring (bicyclic) bond motifs is 27. The first kappa shape index (κ1) is 79.9. The molecule has 0 amide bonds. The topological polar surface area (TPSA) is 29.6 Å². The molecule has 24 aromatic carbocycles. The predicted octanol–water partition coefficient (Wildman–Crippen LogP) is 36.1. The Balaban J connectivity index is 0.000000103. The summed E-state index contributed by atoms with van der Waals surface area (Å²) in [4.78, 5) is 0. The summed E-state index contributed by atoms with van der Waals surface area (Å²) in [5, 5.41) is 28.0. The highest BCUT2D eigenvalue weighted by Gasteiger charge is 2.26. The number of rotatable bonds is 10. The minimum absolute atomic E-state index is 1.15. The Morgan fingerprint density at radius 1 is 0.0929 bits per heavy atom. The Bertz CT molecular complexity index is 10300. The third-order valence-corrected chi connectivity index (χ3v) is 29.2. The van der Waals surface area contributed by atoms with Crippen molar-refractivity contribution in [2.75, 3.05) is 0 Å². The van der Waals surface area contributed by atoms with E-state index in [0.717, 1.165) is 11.4 Å². The molecule has 0 saturated carbocycles.